The van der Waals surface area contributed by atoms with Gasteiger partial charge < -0.3 is 5.11 Å². The minimum Gasteiger partial charge on any atom is -0.391 e. The van der Waals surface area contributed by atoms with Gasteiger partial charge in [-0.05, 0) is 25.0 Å². The van der Waals surface area contributed by atoms with Gasteiger partial charge in [0.25, 0.3) is 0 Å². The summed E-state index contributed by atoms with van der Waals surface area (Å²) in [4.78, 5) is 5.23. The number of thiazole rings is 1. The third-order valence-electron chi connectivity index (χ3n) is 2.54. The highest BCUT2D eigenvalue weighted by atomic mass is 32.1. The molecule has 0 aliphatic rings. The molecule has 0 atom stereocenters. The van der Waals surface area contributed by atoms with Gasteiger partial charge in [0.2, 0.25) is 0 Å². The molecule has 78 valence electrons. The highest BCUT2D eigenvalue weighted by Crippen LogP contribution is 2.29. The fourth-order valence-electron chi connectivity index (χ4n) is 1.49. The molecule has 3 heteroatoms. The third-order valence-corrected chi connectivity index (χ3v) is 3.56. The molecule has 0 unspecified atom stereocenters. The van der Waals surface area contributed by atoms with E-state index in [1.165, 1.54) is 16.7 Å². The Bertz CT molecular complexity index is 476. The standard InChI is InChI=1S/C12H13NOS/c1-8-4-3-5-11(9(8)2)12-13-6-10(7-14)15-12/h3-6,14H,7H2,1-2H3. The smallest absolute Gasteiger partial charge is 0.123 e. The van der Waals surface area contributed by atoms with Crippen molar-refractivity contribution in [2.75, 3.05) is 0 Å². The van der Waals surface area contributed by atoms with E-state index in [0.717, 1.165) is 9.88 Å². The highest BCUT2D eigenvalue weighted by molar-refractivity contribution is 7.15. The Hall–Kier alpha value is -1.19. The number of aromatic nitrogens is 1. The van der Waals surface area contributed by atoms with E-state index < -0.39 is 0 Å². The second-order valence-corrected chi connectivity index (χ2v) is 4.65. The fraction of sp³-hybridized carbons (Fsp3) is 0.250. The summed E-state index contributed by atoms with van der Waals surface area (Å²) in [6.07, 6.45) is 1.74. The zero-order valence-electron chi connectivity index (χ0n) is 8.82. The molecule has 1 N–H and O–H groups in total. The highest BCUT2D eigenvalue weighted by Gasteiger charge is 2.07. The third kappa shape index (κ3) is 1.94. The topological polar surface area (TPSA) is 33.1 Å². The van der Waals surface area contributed by atoms with Gasteiger partial charge in [0.05, 0.1) is 11.5 Å². The van der Waals surface area contributed by atoms with E-state index in [0.29, 0.717) is 0 Å². The van der Waals surface area contributed by atoms with E-state index in [9.17, 15) is 0 Å². The van der Waals surface area contributed by atoms with Crippen LogP contribution in [0.1, 0.15) is 16.0 Å². The molecule has 1 heterocycles. The predicted octanol–water partition coefficient (Wildman–Crippen LogP) is 2.92. The maximum Gasteiger partial charge on any atom is 0.123 e. The normalized spacial score (nSPS) is 10.6. The van der Waals surface area contributed by atoms with Crippen molar-refractivity contribution in [3.05, 3.63) is 40.4 Å². The van der Waals surface area contributed by atoms with Crippen molar-refractivity contribution in [1.29, 1.82) is 0 Å². The van der Waals surface area contributed by atoms with Crippen LogP contribution in [0.25, 0.3) is 10.6 Å². The summed E-state index contributed by atoms with van der Waals surface area (Å²) in [5, 5.41) is 9.98. The van der Waals surface area contributed by atoms with Crippen LogP contribution in [0.2, 0.25) is 0 Å². The van der Waals surface area contributed by atoms with Gasteiger partial charge in [0, 0.05) is 11.8 Å². The number of rotatable bonds is 2. The van der Waals surface area contributed by atoms with Gasteiger partial charge in [-0.15, -0.1) is 11.3 Å². The lowest BCUT2D eigenvalue weighted by molar-refractivity contribution is 0.285. The van der Waals surface area contributed by atoms with Crippen LogP contribution in [-0.2, 0) is 6.61 Å². The van der Waals surface area contributed by atoms with Gasteiger partial charge in [0.1, 0.15) is 5.01 Å². The van der Waals surface area contributed by atoms with Crippen LogP contribution in [0.3, 0.4) is 0 Å². The molecular formula is C12H13NOS. The van der Waals surface area contributed by atoms with Gasteiger partial charge in [-0.3, -0.25) is 0 Å². The molecule has 0 bridgehead atoms. The van der Waals surface area contributed by atoms with Crippen LogP contribution < -0.4 is 0 Å². The van der Waals surface area contributed by atoms with E-state index in [1.54, 1.807) is 17.5 Å². The molecule has 2 rings (SSSR count). The number of nitrogens with zero attached hydrogens (tertiary/aromatic N) is 1. The zero-order valence-corrected chi connectivity index (χ0v) is 9.64. The summed E-state index contributed by atoms with van der Waals surface area (Å²) in [6.45, 7) is 4.27. The van der Waals surface area contributed by atoms with Crippen molar-refractivity contribution in [3.63, 3.8) is 0 Å². The molecule has 0 aliphatic heterocycles. The lowest BCUT2D eigenvalue weighted by Gasteiger charge is -2.04. The second kappa shape index (κ2) is 4.13. The summed E-state index contributed by atoms with van der Waals surface area (Å²) in [6, 6.07) is 6.21. The van der Waals surface area contributed by atoms with Crippen molar-refractivity contribution in [3.8, 4) is 10.6 Å². The Balaban J connectivity index is 2.49. The van der Waals surface area contributed by atoms with Gasteiger partial charge >= 0.3 is 0 Å². The molecule has 0 amide bonds. The predicted molar refractivity (Wildman–Crippen MR) is 62.9 cm³/mol. The lowest BCUT2D eigenvalue weighted by atomic mass is 10.0. The van der Waals surface area contributed by atoms with Crippen LogP contribution in [0.15, 0.2) is 24.4 Å². The minimum atomic E-state index is 0.0720. The Kier molecular flexibility index (Phi) is 2.84. The molecule has 15 heavy (non-hydrogen) atoms. The number of aliphatic hydroxyl groups excluding tert-OH is 1. The first-order valence-corrected chi connectivity index (χ1v) is 5.66. The van der Waals surface area contributed by atoms with Crippen LogP contribution in [0.5, 0.6) is 0 Å². The van der Waals surface area contributed by atoms with E-state index in [-0.39, 0.29) is 6.61 Å². The van der Waals surface area contributed by atoms with Gasteiger partial charge in [0.15, 0.2) is 0 Å². The Labute approximate surface area is 93.2 Å². The van der Waals surface area contributed by atoms with Crippen molar-refractivity contribution >= 4 is 11.3 Å². The second-order valence-electron chi connectivity index (χ2n) is 3.54. The van der Waals surface area contributed by atoms with Gasteiger partial charge in [-0.2, -0.15) is 0 Å². The molecule has 0 saturated heterocycles. The number of aliphatic hydroxyl groups is 1. The molecular weight excluding hydrogens is 206 g/mol. The number of benzene rings is 1. The first-order chi connectivity index (χ1) is 7.22. The molecule has 0 radical (unpaired) electrons. The summed E-state index contributed by atoms with van der Waals surface area (Å²) < 4.78 is 0. The maximum atomic E-state index is 8.99. The van der Waals surface area contributed by atoms with E-state index in [2.05, 4.69) is 31.0 Å². The van der Waals surface area contributed by atoms with Crippen molar-refractivity contribution in [1.82, 2.24) is 4.98 Å². The number of hydrogen-bond acceptors (Lipinski definition) is 3. The van der Waals surface area contributed by atoms with Crippen molar-refractivity contribution in [2.24, 2.45) is 0 Å². The SMILES string of the molecule is Cc1cccc(-c2ncc(CO)s2)c1C. The molecule has 2 aromatic rings. The molecule has 0 aliphatic carbocycles. The van der Waals surface area contributed by atoms with Crippen LogP contribution in [0, 0.1) is 13.8 Å². The van der Waals surface area contributed by atoms with Gasteiger partial charge in [-0.1, -0.05) is 18.2 Å². The quantitative estimate of drug-likeness (QED) is 0.842. The molecule has 1 aromatic carbocycles. The molecule has 0 fully saturated rings. The lowest BCUT2D eigenvalue weighted by Crippen LogP contribution is -1.85. The maximum absolute atomic E-state index is 8.99. The number of hydrogen-bond donors (Lipinski definition) is 1. The molecule has 1 aromatic heterocycles. The van der Waals surface area contributed by atoms with Crippen LogP contribution >= 0.6 is 11.3 Å². The van der Waals surface area contributed by atoms with E-state index in [1.807, 2.05) is 6.07 Å². The summed E-state index contributed by atoms with van der Waals surface area (Å²) >= 11 is 1.55. The Morgan fingerprint density at radius 2 is 2.13 bits per heavy atom. The molecule has 0 saturated carbocycles. The summed E-state index contributed by atoms with van der Waals surface area (Å²) in [7, 11) is 0. The van der Waals surface area contributed by atoms with Crippen LogP contribution in [0.4, 0.5) is 0 Å². The largest absolute Gasteiger partial charge is 0.391 e. The average molecular weight is 219 g/mol. The van der Waals surface area contributed by atoms with Crippen LogP contribution in [-0.4, -0.2) is 10.1 Å². The Morgan fingerprint density at radius 3 is 2.80 bits per heavy atom. The summed E-state index contributed by atoms with van der Waals surface area (Å²) in [5.74, 6) is 0. The fourth-order valence-corrected chi connectivity index (χ4v) is 2.34. The molecule has 0 spiro atoms. The van der Waals surface area contributed by atoms with Crippen molar-refractivity contribution < 1.29 is 5.11 Å². The Morgan fingerprint density at radius 1 is 1.33 bits per heavy atom. The minimum absolute atomic E-state index is 0.0720. The monoisotopic (exact) mass is 219 g/mol. The summed E-state index contributed by atoms with van der Waals surface area (Å²) in [5.41, 5.74) is 3.70. The van der Waals surface area contributed by atoms with E-state index >= 15 is 0 Å². The number of aryl methyl sites for hydroxylation is 1. The molecule has 2 nitrogen and oxygen atoms in total. The first-order valence-electron chi connectivity index (χ1n) is 4.84. The average Bonchev–Trinajstić information content (AvgIpc) is 2.70. The van der Waals surface area contributed by atoms with Gasteiger partial charge in [-0.25, -0.2) is 4.98 Å². The van der Waals surface area contributed by atoms with E-state index in [4.69, 9.17) is 5.11 Å². The first kappa shape index (κ1) is 10.3. The van der Waals surface area contributed by atoms with Crippen molar-refractivity contribution in [2.45, 2.75) is 20.5 Å². The zero-order chi connectivity index (χ0) is 10.8.